The molecule has 0 heterocycles. The van der Waals surface area contributed by atoms with Crippen LogP contribution in [0.1, 0.15) is 43.7 Å². The zero-order valence-electron chi connectivity index (χ0n) is 11.7. The van der Waals surface area contributed by atoms with Crippen molar-refractivity contribution in [3.8, 4) is 0 Å². The predicted octanol–water partition coefficient (Wildman–Crippen LogP) is 4.44. The van der Waals surface area contributed by atoms with Gasteiger partial charge in [-0.25, -0.2) is 0 Å². The van der Waals surface area contributed by atoms with E-state index in [1.165, 1.54) is 12.1 Å². The van der Waals surface area contributed by atoms with Crippen molar-refractivity contribution in [1.29, 1.82) is 0 Å². The molecular weight excluding hydrogens is 265 g/mol. The fourth-order valence-corrected chi connectivity index (χ4v) is 3.07. The first-order valence-corrected chi connectivity index (χ1v) is 7.24. The largest absolute Gasteiger partial charge is 0.416 e. The van der Waals surface area contributed by atoms with Gasteiger partial charge in [0.1, 0.15) is 0 Å². The van der Waals surface area contributed by atoms with E-state index in [-0.39, 0.29) is 12.0 Å². The molecule has 3 atom stereocenters. The number of benzene rings is 1. The summed E-state index contributed by atoms with van der Waals surface area (Å²) in [5.41, 5.74) is 0.260. The molecule has 1 aromatic rings. The van der Waals surface area contributed by atoms with Crippen molar-refractivity contribution in [2.45, 2.75) is 51.3 Å². The average molecular weight is 286 g/mol. The number of rotatable bonds is 3. The van der Waals surface area contributed by atoms with Crippen LogP contribution >= 0.6 is 0 Å². The molecule has 0 amide bonds. The number of alkyl halides is 3. The molecule has 1 saturated carbocycles. The molecule has 1 nitrogen and oxygen atoms in total. The van der Waals surface area contributed by atoms with E-state index in [0.29, 0.717) is 12.3 Å². The van der Waals surface area contributed by atoms with Crippen LogP contribution in [-0.4, -0.2) is 11.2 Å². The molecule has 0 aromatic heterocycles. The van der Waals surface area contributed by atoms with Crippen LogP contribution in [0.15, 0.2) is 24.3 Å². The van der Waals surface area contributed by atoms with Crippen LogP contribution in [0.2, 0.25) is 0 Å². The van der Waals surface area contributed by atoms with E-state index >= 15 is 0 Å². The molecule has 1 aliphatic rings. The van der Waals surface area contributed by atoms with Gasteiger partial charge < -0.3 is 5.11 Å². The summed E-state index contributed by atoms with van der Waals surface area (Å²) in [4.78, 5) is 0. The van der Waals surface area contributed by atoms with Gasteiger partial charge in [-0.1, -0.05) is 25.5 Å². The third kappa shape index (κ3) is 3.75. The zero-order chi connectivity index (χ0) is 14.8. The molecule has 0 saturated heterocycles. The molecule has 20 heavy (non-hydrogen) atoms. The van der Waals surface area contributed by atoms with Gasteiger partial charge in [-0.2, -0.15) is 13.2 Å². The molecule has 112 valence electrons. The lowest BCUT2D eigenvalue weighted by Gasteiger charge is -2.33. The Labute approximate surface area is 117 Å². The highest BCUT2D eigenvalue weighted by molar-refractivity contribution is 5.25. The van der Waals surface area contributed by atoms with Crippen molar-refractivity contribution in [3.63, 3.8) is 0 Å². The van der Waals surface area contributed by atoms with Gasteiger partial charge in [0.15, 0.2) is 0 Å². The Kier molecular flexibility index (Phi) is 4.74. The fraction of sp³-hybridized carbons (Fsp3) is 0.625. The van der Waals surface area contributed by atoms with Crippen LogP contribution in [0.5, 0.6) is 0 Å². The Balaban J connectivity index is 2.02. The summed E-state index contributed by atoms with van der Waals surface area (Å²) in [6.07, 6.45) is 0.00594. The second-order valence-corrected chi connectivity index (χ2v) is 5.81. The van der Waals surface area contributed by atoms with Gasteiger partial charge >= 0.3 is 6.18 Å². The molecule has 0 spiro atoms. The highest BCUT2D eigenvalue weighted by Gasteiger charge is 2.31. The van der Waals surface area contributed by atoms with Gasteiger partial charge in [0.2, 0.25) is 0 Å². The van der Waals surface area contributed by atoms with Crippen molar-refractivity contribution >= 4 is 0 Å². The van der Waals surface area contributed by atoms with Crippen molar-refractivity contribution in [3.05, 3.63) is 35.4 Å². The summed E-state index contributed by atoms with van der Waals surface area (Å²) >= 11 is 0. The lowest BCUT2D eigenvalue weighted by Crippen LogP contribution is -2.30. The summed E-state index contributed by atoms with van der Waals surface area (Å²) in [6.45, 7) is 2.15. The van der Waals surface area contributed by atoms with Gasteiger partial charge in [0, 0.05) is 0 Å². The average Bonchev–Trinajstić information content (AvgIpc) is 2.41. The molecule has 2 rings (SSSR count). The molecule has 4 heteroatoms. The van der Waals surface area contributed by atoms with Gasteiger partial charge in [-0.3, -0.25) is 0 Å². The molecule has 0 bridgehead atoms. The van der Waals surface area contributed by atoms with E-state index in [1.54, 1.807) is 0 Å². The highest BCUT2D eigenvalue weighted by atomic mass is 19.4. The molecule has 1 fully saturated rings. The first-order valence-electron chi connectivity index (χ1n) is 7.24. The lowest BCUT2D eigenvalue weighted by molar-refractivity contribution is -0.137. The normalized spacial score (nSPS) is 27.6. The first kappa shape index (κ1) is 15.4. The van der Waals surface area contributed by atoms with Gasteiger partial charge in [0.25, 0.3) is 0 Å². The fourth-order valence-electron chi connectivity index (χ4n) is 3.07. The lowest BCUT2D eigenvalue weighted by atomic mass is 9.76. The number of halogens is 3. The minimum Gasteiger partial charge on any atom is -0.393 e. The Morgan fingerprint density at radius 2 is 1.80 bits per heavy atom. The summed E-state index contributed by atoms with van der Waals surface area (Å²) < 4.78 is 37.5. The van der Waals surface area contributed by atoms with Gasteiger partial charge in [-0.05, 0) is 55.2 Å². The SMILES string of the molecule is CCC1CCC(O)C(Cc2ccc(C(F)(F)F)cc2)C1. The minimum atomic E-state index is -4.28. The topological polar surface area (TPSA) is 20.2 Å². The van der Waals surface area contributed by atoms with E-state index < -0.39 is 11.7 Å². The third-order valence-electron chi connectivity index (χ3n) is 4.41. The van der Waals surface area contributed by atoms with Crippen molar-refractivity contribution in [1.82, 2.24) is 0 Å². The van der Waals surface area contributed by atoms with E-state index in [9.17, 15) is 18.3 Å². The van der Waals surface area contributed by atoms with Gasteiger partial charge in [-0.15, -0.1) is 0 Å². The Morgan fingerprint density at radius 1 is 1.15 bits per heavy atom. The van der Waals surface area contributed by atoms with E-state index in [0.717, 1.165) is 43.4 Å². The summed E-state index contributed by atoms with van der Waals surface area (Å²) in [6, 6.07) is 5.32. The van der Waals surface area contributed by atoms with Gasteiger partial charge in [0.05, 0.1) is 11.7 Å². The maximum absolute atomic E-state index is 12.5. The molecule has 1 aromatic carbocycles. The van der Waals surface area contributed by atoms with E-state index in [4.69, 9.17) is 0 Å². The standard InChI is InChI=1S/C16H21F3O/c1-2-11-5-8-15(20)13(9-11)10-12-3-6-14(7-4-12)16(17,18)19/h3-4,6-7,11,13,15,20H,2,5,8-10H2,1H3. The number of aliphatic hydroxyl groups is 1. The quantitative estimate of drug-likeness (QED) is 0.871. The van der Waals surface area contributed by atoms with Crippen LogP contribution in [0.25, 0.3) is 0 Å². The van der Waals surface area contributed by atoms with Crippen LogP contribution in [0.4, 0.5) is 13.2 Å². The smallest absolute Gasteiger partial charge is 0.393 e. The van der Waals surface area contributed by atoms with Crippen molar-refractivity contribution in [2.75, 3.05) is 0 Å². The van der Waals surface area contributed by atoms with Crippen LogP contribution in [-0.2, 0) is 12.6 Å². The predicted molar refractivity (Wildman–Crippen MR) is 72.3 cm³/mol. The monoisotopic (exact) mass is 286 g/mol. The second kappa shape index (κ2) is 6.17. The molecule has 3 unspecified atom stereocenters. The molecule has 0 radical (unpaired) electrons. The summed E-state index contributed by atoms with van der Waals surface area (Å²) in [7, 11) is 0. The Morgan fingerprint density at radius 3 is 2.35 bits per heavy atom. The second-order valence-electron chi connectivity index (χ2n) is 5.81. The molecular formula is C16H21F3O. The maximum atomic E-state index is 12.5. The zero-order valence-corrected chi connectivity index (χ0v) is 11.7. The number of hydrogen-bond acceptors (Lipinski definition) is 1. The third-order valence-corrected chi connectivity index (χ3v) is 4.41. The first-order chi connectivity index (χ1) is 9.40. The maximum Gasteiger partial charge on any atom is 0.416 e. The summed E-state index contributed by atoms with van der Waals surface area (Å²) in [5, 5.41) is 10.0. The number of aliphatic hydroxyl groups excluding tert-OH is 1. The van der Waals surface area contributed by atoms with Crippen molar-refractivity contribution in [2.24, 2.45) is 11.8 Å². The molecule has 0 aliphatic heterocycles. The van der Waals surface area contributed by atoms with E-state index in [1.807, 2.05) is 0 Å². The van der Waals surface area contributed by atoms with E-state index in [2.05, 4.69) is 6.92 Å². The highest BCUT2D eigenvalue weighted by Crippen LogP contribution is 2.34. The minimum absolute atomic E-state index is 0.172. The Bertz CT molecular complexity index is 424. The van der Waals surface area contributed by atoms with Crippen LogP contribution < -0.4 is 0 Å². The number of hydrogen-bond donors (Lipinski definition) is 1. The summed E-state index contributed by atoms with van der Waals surface area (Å²) in [5.74, 6) is 0.809. The molecule has 1 aliphatic carbocycles. The molecule has 1 N–H and O–H groups in total. The van der Waals surface area contributed by atoms with Crippen LogP contribution in [0, 0.1) is 11.8 Å². The van der Waals surface area contributed by atoms with Crippen LogP contribution in [0.3, 0.4) is 0 Å². The Hall–Kier alpha value is -1.03. The van der Waals surface area contributed by atoms with Crippen molar-refractivity contribution < 1.29 is 18.3 Å².